The van der Waals surface area contributed by atoms with Gasteiger partial charge < -0.3 is 15.3 Å². The van der Waals surface area contributed by atoms with E-state index >= 15 is 0 Å². The van der Waals surface area contributed by atoms with Crippen LogP contribution in [0, 0.1) is 11.6 Å². The number of nitrogens with zero attached hydrogens (tertiary/aromatic N) is 1. The second-order valence-electron chi connectivity index (χ2n) is 9.99. The highest BCUT2D eigenvalue weighted by atomic mass is 19.1. The topological polar surface area (TPSA) is 69.6 Å². The molecule has 3 aromatic carbocycles. The van der Waals surface area contributed by atoms with Crippen LogP contribution in [0.5, 0.6) is 0 Å². The fraction of sp³-hybridized carbons (Fsp3) is 0.286. The molecule has 2 saturated carbocycles. The number of aromatic carboxylic acids is 1. The standard InChI is InChI=1S/C28H24F2N2O3/c29-20-9-6-18(23(30)14-20)15-32-16-27(10-11-27)22-3-1-2-21(24(22)32)25(33)31-28(12-13-28)19-7-4-17(5-8-19)26(34)35/h1-9,14H,10-13,15-16H2,(H,31,33)(H,34,35). The number of halogens is 2. The Morgan fingerprint density at radius 2 is 1.71 bits per heavy atom. The number of carbonyl (C=O) groups excluding carboxylic acids is 1. The number of carboxylic acids is 1. The summed E-state index contributed by atoms with van der Waals surface area (Å²) >= 11 is 0. The van der Waals surface area contributed by atoms with E-state index in [4.69, 9.17) is 0 Å². The van der Waals surface area contributed by atoms with Crippen LogP contribution in [0.3, 0.4) is 0 Å². The molecular formula is C28H24F2N2O3. The van der Waals surface area contributed by atoms with Gasteiger partial charge in [-0.3, -0.25) is 4.79 Å². The van der Waals surface area contributed by atoms with Gasteiger partial charge in [0.2, 0.25) is 0 Å². The smallest absolute Gasteiger partial charge is 0.335 e. The lowest BCUT2D eigenvalue weighted by molar-refractivity contribution is 0.0696. The van der Waals surface area contributed by atoms with Crippen LogP contribution in [-0.2, 0) is 17.5 Å². The van der Waals surface area contributed by atoms with Crippen LogP contribution in [0.15, 0.2) is 60.7 Å². The van der Waals surface area contributed by atoms with Crippen molar-refractivity contribution >= 4 is 17.6 Å². The van der Waals surface area contributed by atoms with Crippen molar-refractivity contribution in [3.05, 3.63) is 100 Å². The summed E-state index contributed by atoms with van der Waals surface area (Å²) in [6.45, 7) is 0.957. The number of carbonyl (C=O) groups is 2. The van der Waals surface area contributed by atoms with Gasteiger partial charge in [0.15, 0.2) is 0 Å². The van der Waals surface area contributed by atoms with E-state index in [1.165, 1.54) is 12.1 Å². The lowest BCUT2D eigenvalue weighted by Crippen LogP contribution is -2.36. The molecule has 1 spiro atoms. The summed E-state index contributed by atoms with van der Waals surface area (Å²) < 4.78 is 27.9. The summed E-state index contributed by atoms with van der Waals surface area (Å²) in [6, 6.07) is 16.0. The molecule has 0 saturated heterocycles. The number of benzene rings is 3. The maximum Gasteiger partial charge on any atom is 0.335 e. The van der Waals surface area contributed by atoms with Crippen LogP contribution in [-0.4, -0.2) is 23.5 Å². The molecule has 3 aromatic rings. The first-order valence-electron chi connectivity index (χ1n) is 11.8. The fourth-order valence-corrected chi connectivity index (χ4v) is 5.42. The summed E-state index contributed by atoms with van der Waals surface area (Å²) in [5.41, 5.74) is 3.44. The van der Waals surface area contributed by atoms with Gasteiger partial charge in [-0.05, 0) is 61.1 Å². The molecular weight excluding hydrogens is 450 g/mol. The molecule has 0 radical (unpaired) electrons. The van der Waals surface area contributed by atoms with Gasteiger partial charge in [0.25, 0.3) is 5.91 Å². The van der Waals surface area contributed by atoms with E-state index in [2.05, 4.69) is 16.3 Å². The van der Waals surface area contributed by atoms with Crippen molar-refractivity contribution in [1.29, 1.82) is 0 Å². The quantitative estimate of drug-likeness (QED) is 0.520. The molecule has 1 heterocycles. The molecule has 7 heteroatoms. The first kappa shape index (κ1) is 21.8. The molecule has 5 nitrogen and oxygen atoms in total. The monoisotopic (exact) mass is 474 g/mol. The Bertz CT molecular complexity index is 1360. The number of fused-ring (bicyclic) bond motifs is 2. The summed E-state index contributed by atoms with van der Waals surface area (Å²) in [6.07, 6.45) is 3.59. The van der Waals surface area contributed by atoms with Crippen molar-refractivity contribution in [2.75, 3.05) is 11.4 Å². The molecule has 35 heavy (non-hydrogen) atoms. The van der Waals surface area contributed by atoms with E-state index in [1.54, 1.807) is 30.3 Å². The lowest BCUT2D eigenvalue weighted by Gasteiger charge is -2.24. The molecule has 1 amide bonds. The Morgan fingerprint density at radius 3 is 2.34 bits per heavy atom. The van der Waals surface area contributed by atoms with Crippen LogP contribution in [0.1, 0.15) is 63.1 Å². The van der Waals surface area contributed by atoms with E-state index in [1.807, 2.05) is 6.07 Å². The Balaban J connectivity index is 1.31. The predicted octanol–water partition coefficient (Wildman–Crippen LogP) is 5.13. The number of carboxylic acid groups (broad SMARTS) is 1. The molecule has 2 fully saturated rings. The zero-order chi connectivity index (χ0) is 24.4. The molecule has 0 atom stereocenters. The Kier molecular flexibility index (Phi) is 4.75. The lowest BCUT2D eigenvalue weighted by atomic mass is 9.96. The average Bonchev–Trinajstić information content (AvgIpc) is 3.76. The van der Waals surface area contributed by atoms with Gasteiger partial charge >= 0.3 is 5.97 Å². The maximum absolute atomic E-state index is 14.5. The van der Waals surface area contributed by atoms with Crippen LogP contribution < -0.4 is 10.2 Å². The zero-order valence-corrected chi connectivity index (χ0v) is 19.0. The first-order chi connectivity index (χ1) is 16.8. The number of nitrogens with one attached hydrogen (secondary N) is 1. The Morgan fingerprint density at radius 1 is 0.971 bits per heavy atom. The van der Waals surface area contributed by atoms with Crippen LogP contribution >= 0.6 is 0 Å². The molecule has 2 aliphatic carbocycles. The minimum Gasteiger partial charge on any atom is -0.478 e. The van der Waals surface area contributed by atoms with E-state index in [-0.39, 0.29) is 23.4 Å². The molecule has 1 aliphatic heterocycles. The number of hydrogen-bond acceptors (Lipinski definition) is 3. The second kappa shape index (κ2) is 7.63. The van der Waals surface area contributed by atoms with Gasteiger partial charge in [0, 0.05) is 30.1 Å². The normalized spacial score (nSPS) is 18.3. The Hall–Kier alpha value is -3.74. The highest BCUT2D eigenvalue weighted by Crippen LogP contribution is 2.57. The minimum absolute atomic E-state index is 0.00788. The largest absolute Gasteiger partial charge is 0.478 e. The van der Waals surface area contributed by atoms with Crippen molar-refractivity contribution in [1.82, 2.24) is 5.32 Å². The predicted molar refractivity (Wildman–Crippen MR) is 127 cm³/mol. The van der Waals surface area contributed by atoms with E-state index in [0.29, 0.717) is 17.7 Å². The molecule has 0 unspecified atom stereocenters. The molecule has 0 aromatic heterocycles. The SMILES string of the molecule is O=C(O)c1ccc(C2(NC(=O)c3cccc4c3N(Cc3ccc(F)cc3F)CC43CC3)CC2)cc1. The van der Waals surface area contributed by atoms with Crippen molar-refractivity contribution in [3.8, 4) is 0 Å². The van der Waals surface area contributed by atoms with Crippen LogP contribution in [0.4, 0.5) is 14.5 Å². The maximum atomic E-state index is 14.5. The molecule has 178 valence electrons. The van der Waals surface area contributed by atoms with Crippen LogP contribution in [0.2, 0.25) is 0 Å². The highest BCUT2D eigenvalue weighted by Gasteiger charge is 2.53. The molecule has 3 aliphatic rings. The van der Waals surface area contributed by atoms with E-state index < -0.39 is 23.1 Å². The van der Waals surface area contributed by atoms with Crippen molar-refractivity contribution in [2.45, 2.75) is 43.2 Å². The minimum atomic E-state index is -0.989. The number of para-hydroxylation sites is 1. The number of hydrogen-bond donors (Lipinski definition) is 2. The second-order valence-corrected chi connectivity index (χ2v) is 9.99. The van der Waals surface area contributed by atoms with Gasteiger partial charge in [-0.15, -0.1) is 0 Å². The van der Waals surface area contributed by atoms with E-state index in [0.717, 1.165) is 48.6 Å². The summed E-state index contributed by atoms with van der Waals surface area (Å²) in [7, 11) is 0. The summed E-state index contributed by atoms with van der Waals surface area (Å²) in [5, 5.41) is 12.4. The molecule has 6 rings (SSSR count). The fourth-order valence-electron chi connectivity index (χ4n) is 5.42. The third-order valence-electron chi connectivity index (χ3n) is 7.68. The highest BCUT2D eigenvalue weighted by molar-refractivity contribution is 6.02. The van der Waals surface area contributed by atoms with Crippen molar-refractivity contribution < 1.29 is 23.5 Å². The zero-order valence-electron chi connectivity index (χ0n) is 19.0. The third kappa shape index (κ3) is 3.66. The number of rotatable bonds is 6. The molecule has 0 bridgehead atoms. The van der Waals surface area contributed by atoms with Gasteiger partial charge in [0.1, 0.15) is 11.6 Å². The number of amides is 1. The Labute approximate surface area is 201 Å². The van der Waals surface area contributed by atoms with Gasteiger partial charge in [-0.1, -0.05) is 30.3 Å². The van der Waals surface area contributed by atoms with Gasteiger partial charge in [-0.25, -0.2) is 13.6 Å². The van der Waals surface area contributed by atoms with Gasteiger partial charge in [0.05, 0.1) is 22.4 Å². The third-order valence-corrected chi connectivity index (χ3v) is 7.68. The first-order valence-corrected chi connectivity index (χ1v) is 11.8. The van der Waals surface area contributed by atoms with Crippen molar-refractivity contribution in [3.63, 3.8) is 0 Å². The summed E-state index contributed by atoms with van der Waals surface area (Å²) in [5.74, 6) is -2.40. The van der Waals surface area contributed by atoms with Crippen LogP contribution in [0.25, 0.3) is 0 Å². The van der Waals surface area contributed by atoms with Crippen molar-refractivity contribution in [2.24, 2.45) is 0 Å². The van der Waals surface area contributed by atoms with E-state index in [9.17, 15) is 23.5 Å². The van der Waals surface area contributed by atoms with Gasteiger partial charge in [-0.2, -0.15) is 0 Å². The average molecular weight is 475 g/mol. The summed E-state index contributed by atoms with van der Waals surface area (Å²) in [4.78, 5) is 26.8. The number of anilines is 1. The molecule has 2 N–H and O–H groups in total.